The van der Waals surface area contributed by atoms with Crippen LogP contribution < -0.4 is 5.32 Å². The SMILES string of the molecule is CC(C)(C)C1CCC(NCc2ccc(O)cc2O)CC1. The van der Waals surface area contributed by atoms with Crippen molar-refractivity contribution >= 4 is 0 Å². The Labute approximate surface area is 122 Å². The van der Waals surface area contributed by atoms with E-state index in [4.69, 9.17) is 0 Å². The van der Waals surface area contributed by atoms with Gasteiger partial charge in [0.1, 0.15) is 11.5 Å². The monoisotopic (exact) mass is 277 g/mol. The highest BCUT2D eigenvalue weighted by atomic mass is 16.3. The summed E-state index contributed by atoms with van der Waals surface area (Å²) < 4.78 is 0. The van der Waals surface area contributed by atoms with Gasteiger partial charge in [0, 0.05) is 24.2 Å². The van der Waals surface area contributed by atoms with Crippen molar-refractivity contribution in [2.45, 2.75) is 59.0 Å². The average Bonchev–Trinajstić information content (AvgIpc) is 2.37. The molecule has 0 heterocycles. The fraction of sp³-hybridized carbons (Fsp3) is 0.647. The number of nitrogens with one attached hydrogen (secondary N) is 1. The molecule has 20 heavy (non-hydrogen) atoms. The second kappa shape index (κ2) is 6.04. The summed E-state index contributed by atoms with van der Waals surface area (Å²) in [6, 6.07) is 5.33. The Kier molecular flexibility index (Phi) is 4.59. The third kappa shape index (κ3) is 3.89. The quantitative estimate of drug-likeness (QED) is 0.788. The van der Waals surface area contributed by atoms with Crippen LogP contribution in [0.2, 0.25) is 0 Å². The minimum atomic E-state index is 0.108. The molecule has 112 valence electrons. The molecule has 3 N–H and O–H groups in total. The number of rotatable bonds is 3. The minimum absolute atomic E-state index is 0.108. The van der Waals surface area contributed by atoms with Crippen molar-refractivity contribution in [3.63, 3.8) is 0 Å². The van der Waals surface area contributed by atoms with Gasteiger partial charge in [-0.15, -0.1) is 0 Å². The van der Waals surface area contributed by atoms with Crippen LogP contribution in [0.5, 0.6) is 11.5 Å². The van der Waals surface area contributed by atoms with Crippen molar-refractivity contribution in [3.8, 4) is 11.5 Å². The van der Waals surface area contributed by atoms with Crippen LogP contribution in [-0.4, -0.2) is 16.3 Å². The van der Waals surface area contributed by atoms with E-state index < -0.39 is 0 Å². The van der Waals surface area contributed by atoms with Gasteiger partial charge >= 0.3 is 0 Å². The van der Waals surface area contributed by atoms with Crippen LogP contribution in [0.3, 0.4) is 0 Å². The van der Waals surface area contributed by atoms with E-state index in [1.54, 1.807) is 12.1 Å². The fourth-order valence-electron chi connectivity index (χ4n) is 3.12. The second-order valence-electron chi connectivity index (χ2n) is 7.11. The molecule has 0 spiro atoms. The van der Waals surface area contributed by atoms with Crippen molar-refractivity contribution in [1.82, 2.24) is 5.32 Å². The number of hydrogen-bond donors (Lipinski definition) is 3. The Morgan fingerprint density at radius 1 is 1.10 bits per heavy atom. The maximum atomic E-state index is 9.77. The van der Waals surface area contributed by atoms with E-state index in [1.165, 1.54) is 31.7 Å². The van der Waals surface area contributed by atoms with E-state index in [-0.39, 0.29) is 11.5 Å². The van der Waals surface area contributed by atoms with Gasteiger partial charge in [-0.2, -0.15) is 0 Å². The first-order chi connectivity index (χ1) is 9.36. The van der Waals surface area contributed by atoms with Crippen LogP contribution in [0.25, 0.3) is 0 Å². The maximum absolute atomic E-state index is 9.77. The van der Waals surface area contributed by atoms with E-state index in [0.717, 1.165) is 11.5 Å². The molecule has 0 atom stereocenters. The molecule has 1 saturated carbocycles. The summed E-state index contributed by atoms with van der Waals surface area (Å²) in [6.45, 7) is 7.66. The highest BCUT2D eigenvalue weighted by molar-refractivity contribution is 5.38. The van der Waals surface area contributed by atoms with Crippen LogP contribution >= 0.6 is 0 Å². The van der Waals surface area contributed by atoms with Gasteiger partial charge in [0.05, 0.1) is 0 Å². The lowest BCUT2D eigenvalue weighted by Crippen LogP contribution is -2.35. The number of benzene rings is 1. The molecule has 0 radical (unpaired) electrons. The van der Waals surface area contributed by atoms with Crippen molar-refractivity contribution in [3.05, 3.63) is 23.8 Å². The molecule has 3 nitrogen and oxygen atoms in total. The third-order valence-electron chi connectivity index (χ3n) is 4.60. The molecule has 0 aliphatic heterocycles. The molecule has 1 aromatic rings. The van der Waals surface area contributed by atoms with Crippen LogP contribution in [0, 0.1) is 11.3 Å². The van der Waals surface area contributed by atoms with Gasteiger partial charge in [-0.25, -0.2) is 0 Å². The molecule has 3 heteroatoms. The first-order valence-corrected chi connectivity index (χ1v) is 7.60. The van der Waals surface area contributed by atoms with Crippen LogP contribution in [-0.2, 0) is 6.54 Å². The zero-order valence-electron chi connectivity index (χ0n) is 12.8. The first kappa shape index (κ1) is 15.2. The molecule has 2 rings (SSSR count). The van der Waals surface area contributed by atoms with Gasteiger partial charge in [0.15, 0.2) is 0 Å². The molecule has 1 fully saturated rings. The third-order valence-corrected chi connectivity index (χ3v) is 4.60. The van der Waals surface area contributed by atoms with E-state index in [9.17, 15) is 10.2 Å². The Morgan fingerprint density at radius 3 is 2.30 bits per heavy atom. The van der Waals surface area contributed by atoms with Gasteiger partial charge in [-0.1, -0.05) is 26.8 Å². The summed E-state index contributed by atoms with van der Waals surface area (Å²) in [7, 11) is 0. The second-order valence-corrected chi connectivity index (χ2v) is 7.11. The van der Waals surface area contributed by atoms with Crippen molar-refractivity contribution in [2.24, 2.45) is 11.3 Å². The van der Waals surface area contributed by atoms with E-state index in [0.29, 0.717) is 18.0 Å². The van der Waals surface area contributed by atoms with Gasteiger partial charge < -0.3 is 15.5 Å². The van der Waals surface area contributed by atoms with E-state index in [2.05, 4.69) is 26.1 Å². The summed E-state index contributed by atoms with van der Waals surface area (Å²) in [5.74, 6) is 1.10. The lowest BCUT2D eigenvalue weighted by molar-refractivity contribution is 0.160. The zero-order valence-corrected chi connectivity index (χ0v) is 12.8. The zero-order chi connectivity index (χ0) is 14.8. The predicted molar refractivity (Wildman–Crippen MR) is 81.8 cm³/mol. The molecular weight excluding hydrogens is 250 g/mol. The maximum Gasteiger partial charge on any atom is 0.123 e. The van der Waals surface area contributed by atoms with Crippen molar-refractivity contribution in [1.29, 1.82) is 0 Å². The number of aromatic hydroxyl groups is 2. The summed E-state index contributed by atoms with van der Waals surface area (Å²) in [6.07, 6.45) is 4.98. The lowest BCUT2D eigenvalue weighted by atomic mass is 9.71. The molecule has 0 unspecified atom stereocenters. The number of hydrogen-bond acceptors (Lipinski definition) is 3. The fourth-order valence-corrected chi connectivity index (χ4v) is 3.12. The number of phenolic OH excluding ortho intramolecular Hbond substituents is 2. The van der Waals surface area contributed by atoms with Gasteiger partial charge in [-0.05, 0) is 43.1 Å². The molecule has 0 saturated heterocycles. The van der Waals surface area contributed by atoms with Crippen molar-refractivity contribution < 1.29 is 10.2 Å². The smallest absolute Gasteiger partial charge is 0.123 e. The van der Waals surface area contributed by atoms with E-state index in [1.807, 2.05) is 0 Å². The topological polar surface area (TPSA) is 52.5 Å². The highest BCUT2D eigenvalue weighted by Crippen LogP contribution is 2.37. The molecular formula is C17H27NO2. The molecule has 1 aliphatic rings. The summed E-state index contributed by atoms with van der Waals surface area (Å²) in [5.41, 5.74) is 1.26. The van der Waals surface area contributed by atoms with Crippen LogP contribution in [0.1, 0.15) is 52.0 Å². The molecule has 0 amide bonds. The first-order valence-electron chi connectivity index (χ1n) is 7.60. The molecule has 1 aliphatic carbocycles. The normalized spacial score (nSPS) is 23.8. The Hall–Kier alpha value is -1.22. The number of phenols is 2. The van der Waals surface area contributed by atoms with Crippen LogP contribution in [0.4, 0.5) is 0 Å². The summed E-state index contributed by atoms with van der Waals surface area (Å²) >= 11 is 0. The molecule has 1 aromatic carbocycles. The Bertz CT molecular complexity index is 443. The van der Waals surface area contributed by atoms with Gasteiger partial charge in [0.2, 0.25) is 0 Å². The van der Waals surface area contributed by atoms with E-state index >= 15 is 0 Å². The minimum Gasteiger partial charge on any atom is -0.508 e. The molecule has 0 bridgehead atoms. The molecule has 0 aromatic heterocycles. The largest absolute Gasteiger partial charge is 0.508 e. The van der Waals surface area contributed by atoms with Crippen LogP contribution in [0.15, 0.2) is 18.2 Å². The average molecular weight is 277 g/mol. The lowest BCUT2D eigenvalue weighted by Gasteiger charge is -2.37. The predicted octanol–water partition coefficient (Wildman–Crippen LogP) is 3.79. The van der Waals surface area contributed by atoms with Gasteiger partial charge in [0.25, 0.3) is 0 Å². The van der Waals surface area contributed by atoms with Gasteiger partial charge in [-0.3, -0.25) is 0 Å². The standard InChI is InChI=1S/C17H27NO2/c1-17(2,3)13-5-7-14(8-6-13)18-11-12-4-9-15(19)10-16(12)20/h4,9-10,13-14,18-20H,5-8,11H2,1-3H3. The van der Waals surface area contributed by atoms with Crippen molar-refractivity contribution in [2.75, 3.05) is 0 Å². The summed E-state index contributed by atoms with van der Waals surface area (Å²) in [4.78, 5) is 0. The summed E-state index contributed by atoms with van der Waals surface area (Å²) in [5, 5.41) is 22.6. The Balaban J connectivity index is 1.82. The highest BCUT2D eigenvalue weighted by Gasteiger charge is 2.29. The Morgan fingerprint density at radius 2 is 1.75 bits per heavy atom.